The molecular formula is C8H9NO4S. The number of aryl methyl sites for hydroxylation is 1. The number of primary sulfonamides is 1. The van der Waals surface area contributed by atoms with Gasteiger partial charge < -0.3 is 0 Å². The van der Waals surface area contributed by atoms with Gasteiger partial charge in [-0.25, -0.2) is 13.6 Å². The summed E-state index contributed by atoms with van der Waals surface area (Å²) in [5.74, 6) is 0. The molecule has 1 rings (SSSR count). The van der Waals surface area contributed by atoms with Crippen LogP contribution in [0.2, 0.25) is 0 Å². The summed E-state index contributed by atoms with van der Waals surface area (Å²) in [6, 6.07) is 6.49. The molecule has 14 heavy (non-hydrogen) atoms. The minimum atomic E-state index is -3.53. The first-order chi connectivity index (χ1) is 6.41. The number of carbonyl (C=O) groups excluding carboxylic acids is 2. The third-order valence-corrected chi connectivity index (χ3v) is 2.23. The van der Waals surface area contributed by atoms with E-state index in [9.17, 15) is 8.42 Å². The Hall–Kier alpha value is -1.49. The smallest absolute Gasteiger partial charge is 0.225 e. The lowest BCUT2D eigenvalue weighted by molar-refractivity contribution is -0.191. The van der Waals surface area contributed by atoms with Crippen LogP contribution >= 0.6 is 0 Å². The molecular weight excluding hydrogens is 206 g/mol. The Labute approximate surface area is 81.6 Å². The number of rotatable bonds is 1. The van der Waals surface area contributed by atoms with E-state index in [-0.39, 0.29) is 11.0 Å². The molecule has 0 aliphatic carbocycles. The van der Waals surface area contributed by atoms with Crippen molar-refractivity contribution in [1.29, 1.82) is 0 Å². The minimum absolute atomic E-state index is 0.164. The second kappa shape index (κ2) is 5.29. The first kappa shape index (κ1) is 12.5. The molecule has 0 aromatic heterocycles. The predicted octanol–water partition coefficient (Wildman–Crippen LogP) is 0.0589. The zero-order valence-electron chi connectivity index (χ0n) is 7.43. The lowest BCUT2D eigenvalue weighted by Crippen LogP contribution is -2.11. The van der Waals surface area contributed by atoms with Gasteiger partial charge in [-0.05, 0) is 24.6 Å². The highest BCUT2D eigenvalue weighted by molar-refractivity contribution is 7.89. The normalized spacial score (nSPS) is 9.57. The molecule has 0 radical (unpaired) electrons. The molecule has 0 saturated heterocycles. The van der Waals surface area contributed by atoms with Crippen LogP contribution in [0.4, 0.5) is 0 Å². The largest absolute Gasteiger partial charge is 0.373 e. The Kier molecular flexibility index (Phi) is 4.72. The van der Waals surface area contributed by atoms with Crippen molar-refractivity contribution < 1.29 is 18.0 Å². The highest BCUT2D eigenvalue weighted by atomic mass is 32.2. The fraction of sp³-hybridized carbons (Fsp3) is 0.125. The third kappa shape index (κ3) is 4.51. The van der Waals surface area contributed by atoms with Crippen LogP contribution in [0.15, 0.2) is 29.2 Å². The highest BCUT2D eigenvalue weighted by Gasteiger charge is 2.05. The van der Waals surface area contributed by atoms with Gasteiger partial charge in [-0.2, -0.15) is 9.59 Å². The topological polar surface area (TPSA) is 94.3 Å². The highest BCUT2D eigenvalue weighted by Crippen LogP contribution is 2.07. The Morgan fingerprint density at radius 3 is 2.07 bits per heavy atom. The second-order valence-corrected chi connectivity index (χ2v) is 4.01. The number of sulfonamides is 1. The van der Waals surface area contributed by atoms with E-state index in [1.54, 1.807) is 6.07 Å². The fourth-order valence-corrected chi connectivity index (χ4v) is 1.41. The van der Waals surface area contributed by atoms with E-state index in [1.807, 2.05) is 13.0 Å². The number of nitrogens with two attached hydrogens (primary N) is 1. The number of hydrogen-bond acceptors (Lipinski definition) is 4. The van der Waals surface area contributed by atoms with Crippen molar-refractivity contribution in [1.82, 2.24) is 0 Å². The summed E-state index contributed by atoms with van der Waals surface area (Å²) >= 11 is 0. The van der Waals surface area contributed by atoms with Crippen LogP contribution in [0, 0.1) is 6.92 Å². The third-order valence-electron chi connectivity index (χ3n) is 1.32. The van der Waals surface area contributed by atoms with Crippen LogP contribution in [0.3, 0.4) is 0 Å². The zero-order valence-corrected chi connectivity index (χ0v) is 8.24. The predicted molar refractivity (Wildman–Crippen MR) is 47.6 cm³/mol. The van der Waals surface area contributed by atoms with E-state index in [0.717, 1.165) is 5.56 Å². The van der Waals surface area contributed by atoms with Gasteiger partial charge in [0, 0.05) is 0 Å². The van der Waals surface area contributed by atoms with Gasteiger partial charge in [0.2, 0.25) is 10.0 Å². The summed E-state index contributed by atoms with van der Waals surface area (Å²) in [5, 5.41) is 4.90. The first-order valence-corrected chi connectivity index (χ1v) is 5.05. The zero-order chi connectivity index (χ0) is 11.2. The van der Waals surface area contributed by atoms with Gasteiger partial charge in [0.1, 0.15) is 0 Å². The molecule has 0 spiro atoms. The average Bonchev–Trinajstić information content (AvgIpc) is 2.04. The monoisotopic (exact) mass is 215 g/mol. The average molecular weight is 215 g/mol. The SMILES string of the molecule is Cc1cccc(S(N)(=O)=O)c1.O=C=O. The minimum Gasteiger partial charge on any atom is -0.225 e. The molecule has 0 unspecified atom stereocenters. The van der Waals surface area contributed by atoms with Crippen LogP contribution in [-0.2, 0) is 19.6 Å². The Bertz CT molecular complexity index is 432. The van der Waals surface area contributed by atoms with Gasteiger partial charge in [0.15, 0.2) is 0 Å². The molecule has 0 aliphatic rings. The van der Waals surface area contributed by atoms with E-state index < -0.39 is 10.0 Å². The van der Waals surface area contributed by atoms with Crippen molar-refractivity contribution in [3.63, 3.8) is 0 Å². The van der Waals surface area contributed by atoms with Crippen molar-refractivity contribution in [2.24, 2.45) is 5.14 Å². The molecule has 0 amide bonds. The van der Waals surface area contributed by atoms with E-state index in [4.69, 9.17) is 14.7 Å². The molecule has 6 heteroatoms. The standard InChI is InChI=1S/C7H9NO2S.CO2/c1-6-3-2-4-7(5-6)11(8,9)10;2-1-3/h2-5H,1H3,(H2,8,9,10);. The summed E-state index contributed by atoms with van der Waals surface area (Å²) in [6.45, 7) is 1.81. The van der Waals surface area contributed by atoms with E-state index in [2.05, 4.69) is 0 Å². The van der Waals surface area contributed by atoms with Crippen LogP contribution in [0.5, 0.6) is 0 Å². The van der Waals surface area contributed by atoms with Crippen LogP contribution in [0.25, 0.3) is 0 Å². The quantitative estimate of drug-likeness (QED) is 0.716. The van der Waals surface area contributed by atoms with E-state index in [0.29, 0.717) is 0 Å². The molecule has 0 atom stereocenters. The van der Waals surface area contributed by atoms with Gasteiger partial charge in [-0.15, -0.1) is 0 Å². The number of hydrogen-bond donors (Lipinski definition) is 1. The lowest BCUT2D eigenvalue weighted by atomic mass is 10.2. The maximum absolute atomic E-state index is 10.8. The van der Waals surface area contributed by atoms with Crippen molar-refractivity contribution >= 4 is 16.2 Å². The Morgan fingerprint density at radius 2 is 1.79 bits per heavy atom. The number of benzene rings is 1. The summed E-state index contributed by atoms with van der Waals surface area (Å²) in [6.07, 6.45) is 0.250. The van der Waals surface area contributed by atoms with Crippen molar-refractivity contribution in [2.45, 2.75) is 11.8 Å². The molecule has 0 saturated carbocycles. The van der Waals surface area contributed by atoms with Crippen LogP contribution < -0.4 is 5.14 Å². The molecule has 1 aromatic rings. The summed E-state index contributed by atoms with van der Waals surface area (Å²) in [4.78, 5) is 16.4. The summed E-state index contributed by atoms with van der Waals surface area (Å²) in [5.41, 5.74) is 0.886. The fourth-order valence-electron chi connectivity index (χ4n) is 0.792. The molecule has 0 fully saturated rings. The van der Waals surface area contributed by atoms with Crippen molar-refractivity contribution in [3.8, 4) is 0 Å². The van der Waals surface area contributed by atoms with Crippen molar-refractivity contribution in [2.75, 3.05) is 0 Å². The Morgan fingerprint density at radius 1 is 1.29 bits per heavy atom. The summed E-state index contributed by atoms with van der Waals surface area (Å²) in [7, 11) is -3.53. The second-order valence-electron chi connectivity index (χ2n) is 2.44. The molecule has 0 heterocycles. The molecule has 0 bridgehead atoms. The Balaban J connectivity index is 0.000000500. The summed E-state index contributed by atoms with van der Waals surface area (Å²) < 4.78 is 21.5. The van der Waals surface area contributed by atoms with Gasteiger partial charge in [0.25, 0.3) is 0 Å². The van der Waals surface area contributed by atoms with Gasteiger partial charge in [0.05, 0.1) is 4.90 Å². The molecule has 1 aromatic carbocycles. The van der Waals surface area contributed by atoms with Gasteiger partial charge in [-0.3, -0.25) is 0 Å². The van der Waals surface area contributed by atoms with Gasteiger partial charge in [-0.1, -0.05) is 12.1 Å². The van der Waals surface area contributed by atoms with Crippen molar-refractivity contribution in [3.05, 3.63) is 29.8 Å². The maximum Gasteiger partial charge on any atom is 0.373 e. The molecule has 0 aliphatic heterocycles. The van der Waals surface area contributed by atoms with Gasteiger partial charge >= 0.3 is 6.15 Å². The lowest BCUT2D eigenvalue weighted by Gasteiger charge is -1.97. The van der Waals surface area contributed by atoms with Crippen LogP contribution in [0.1, 0.15) is 5.56 Å². The maximum atomic E-state index is 10.8. The van der Waals surface area contributed by atoms with E-state index >= 15 is 0 Å². The molecule has 5 nitrogen and oxygen atoms in total. The first-order valence-electron chi connectivity index (χ1n) is 3.50. The van der Waals surface area contributed by atoms with Crippen LogP contribution in [-0.4, -0.2) is 14.6 Å². The molecule has 76 valence electrons. The van der Waals surface area contributed by atoms with E-state index in [1.165, 1.54) is 12.1 Å². The molecule has 2 N–H and O–H groups in total.